The van der Waals surface area contributed by atoms with E-state index in [4.69, 9.17) is 0 Å². The molecule has 0 fully saturated rings. The molecular weight excluding hydrogens is 382 g/mol. The number of carboxylic acids is 1. The maximum Gasteiger partial charge on any atom is 0.320 e. The molecule has 0 unspecified atom stereocenters. The molecule has 31 heavy (non-hydrogen) atoms. The van der Waals surface area contributed by atoms with Crippen molar-refractivity contribution in [3.8, 4) is 0 Å². The summed E-state index contributed by atoms with van der Waals surface area (Å²) in [4.78, 5) is 11.3. The van der Waals surface area contributed by atoms with E-state index in [9.17, 15) is 9.90 Å². The van der Waals surface area contributed by atoms with Gasteiger partial charge in [0.05, 0.1) is 0 Å². The molecule has 0 aliphatic carbocycles. The molecule has 2 atom stereocenters. The Morgan fingerprint density at radius 3 is 1.23 bits per heavy atom. The second-order valence-corrected chi connectivity index (χ2v) is 9.87. The normalized spacial score (nSPS) is 13.4. The van der Waals surface area contributed by atoms with Gasteiger partial charge >= 0.3 is 5.97 Å². The summed E-state index contributed by atoms with van der Waals surface area (Å²) in [5.41, 5.74) is 0. The van der Waals surface area contributed by atoms with E-state index in [2.05, 4.69) is 19.2 Å². The highest BCUT2D eigenvalue weighted by molar-refractivity contribution is 5.73. The number of unbranched alkanes of at least 4 members (excludes halogenated alkanes) is 19. The highest BCUT2D eigenvalue weighted by atomic mass is 16.4. The zero-order chi connectivity index (χ0) is 23.0. The lowest BCUT2D eigenvalue weighted by atomic mass is 9.99. The molecule has 0 amide bonds. The molecule has 0 radical (unpaired) electrons. The van der Waals surface area contributed by atoms with Crippen LogP contribution in [0.2, 0.25) is 0 Å². The van der Waals surface area contributed by atoms with Crippen molar-refractivity contribution in [3.63, 3.8) is 0 Å². The quantitative estimate of drug-likeness (QED) is 0.140. The van der Waals surface area contributed by atoms with Gasteiger partial charge < -0.3 is 10.4 Å². The minimum absolute atomic E-state index is 0.197. The predicted molar refractivity (Wildman–Crippen MR) is 137 cm³/mol. The number of carbonyl (C=O) groups is 1. The minimum Gasteiger partial charge on any atom is -0.480 e. The summed E-state index contributed by atoms with van der Waals surface area (Å²) in [7, 11) is 0. The fourth-order valence-electron chi connectivity index (χ4n) is 4.41. The van der Waals surface area contributed by atoms with E-state index in [0.29, 0.717) is 0 Å². The van der Waals surface area contributed by atoms with Crippen LogP contribution in [0.1, 0.15) is 156 Å². The maximum absolute atomic E-state index is 11.3. The number of rotatable bonds is 25. The Morgan fingerprint density at radius 1 is 0.613 bits per heavy atom. The van der Waals surface area contributed by atoms with Gasteiger partial charge in [0.1, 0.15) is 6.04 Å². The first-order chi connectivity index (χ1) is 15.1. The standard InChI is InChI=1S/C28H57NO2/c1-4-6-7-8-9-10-11-12-13-14-15-16-17-18-19-20-21-22-23-24-25-29-27(28(30)31)26(3)5-2/h26-27,29H,4-25H2,1-3H3,(H,30,31)/t26-,27-/m0/s1. The SMILES string of the molecule is CCCCCCCCCCCCCCCCCCCCCCN[C@H](C(=O)O)[C@@H](C)CC. The van der Waals surface area contributed by atoms with Gasteiger partial charge in [0.15, 0.2) is 0 Å². The number of nitrogens with one attached hydrogen (secondary N) is 1. The van der Waals surface area contributed by atoms with E-state index in [-0.39, 0.29) is 12.0 Å². The molecule has 3 heteroatoms. The van der Waals surface area contributed by atoms with Gasteiger partial charge in [-0.1, -0.05) is 149 Å². The predicted octanol–water partition coefficient (Wildman–Crippen LogP) is 8.90. The molecular formula is C28H57NO2. The van der Waals surface area contributed by atoms with E-state index < -0.39 is 5.97 Å². The van der Waals surface area contributed by atoms with Gasteiger partial charge in [-0.15, -0.1) is 0 Å². The van der Waals surface area contributed by atoms with Crippen molar-refractivity contribution >= 4 is 5.97 Å². The zero-order valence-electron chi connectivity index (χ0n) is 21.6. The Kier molecular flexibility index (Phi) is 23.6. The van der Waals surface area contributed by atoms with Gasteiger partial charge in [0.25, 0.3) is 0 Å². The van der Waals surface area contributed by atoms with Crippen LogP contribution in [0.4, 0.5) is 0 Å². The highest BCUT2D eigenvalue weighted by Gasteiger charge is 2.22. The molecule has 0 saturated carbocycles. The van der Waals surface area contributed by atoms with Crippen LogP contribution in [0.15, 0.2) is 0 Å². The minimum atomic E-state index is -0.706. The van der Waals surface area contributed by atoms with Gasteiger partial charge in [0, 0.05) is 0 Å². The Morgan fingerprint density at radius 2 is 0.935 bits per heavy atom. The van der Waals surface area contributed by atoms with Crippen molar-refractivity contribution in [2.45, 2.75) is 162 Å². The first-order valence-electron chi connectivity index (χ1n) is 14.1. The van der Waals surface area contributed by atoms with Crippen molar-refractivity contribution in [3.05, 3.63) is 0 Å². The van der Waals surface area contributed by atoms with Gasteiger partial charge in [-0.3, -0.25) is 4.79 Å². The van der Waals surface area contributed by atoms with Crippen molar-refractivity contribution in [1.29, 1.82) is 0 Å². The fourth-order valence-corrected chi connectivity index (χ4v) is 4.41. The van der Waals surface area contributed by atoms with Crippen LogP contribution < -0.4 is 5.32 Å². The summed E-state index contributed by atoms with van der Waals surface area (Å²) >= 11 is 0. The largest absolute Gasteiger partial charge is 0.480 e. The van der Waals surface area contributed by atoms with E-state index in [1.807, 2.05) is 6.92 Å². The zero-order valence-corrected chi connectivity index (χ0v) is 21.6. The second-order valence-electron chi connectivity index (χ2n) is 9.87. The lowest BCUT2D eigenvalue weighted by Gasteiger charge is -2.20. The van der Waals surface area contributed by atoms with Gasteiger partial charge in [-0.25, -0.2) is 0 Å². The molecule has 3 nitrogen and oxygen atoms in total. The van der Waals surface area contributed by atoms with Crippen LogP contribution >= 0.6 is 0 Å². The summed E-state index contributed by atoms with van der Waals surface area (Å²) < 4.78 is 0. The average Bonchev–Trinajstić information content (AvgIpc) is 2.76. The Labute approximate surface area is 195 Å². The van der Waals surface area contributed by atoms with E-state index >= 15 is 0 Å². The van der Waals surface area contributed by atoms with Crippen LogP contribution in [0, 0.1) is 5.92 Å². The Bertz CT molecular complexity index is 372. The lowest BCUT2D eigenvalue weighted by molar-refractivity contribution is -0.140. The van der Waals surface area contributed by atoms with Crippen LogP contribution in [0.25, 0.3) is 0 Å². The van der Waals surface area contributed by atoms with Gasteiger partial charge in [-0.05, 0) is 18.9 Å². The molecule has 2 N–H and O–H groups in total. The Balaban J connectivity index is 3.21. The first-order valence-corrected chi connectivity index (χ1v) is 14.1. The van der Waals surface area contributed by atoms with Crippen molar-refractivity contribution in [2.24, 2.45) is 5.92 Å². The van der Waals surface area contributed by atoms with E-state index in [1.165, 1.54) is 122 Å². The average molecular weight is 440 g/mol. The first kappa shape index (κ1) is 30.4. The van der Waals surface area contributed by atoms with Gasteiger partial charge in [0.2, 0.25) is 0 Å². The Hall–Kier alpha value is -0.570. The number of carboxylic acid groups (broad SMARTS) is 1. The monoisotopic (exact) mass is 439 g/mol. The van der Waals surface area contributed by atoms with Crippen LogP contribution in [-0.4, -0.2) is 23.7 Å². The summed E-state index contributed by atoms with van der Waals surface area (Å²) in [6, 6.07) is -0.384. The number of hydrogen-bond acceptors (Lipinski definition) is 2. The van der Waals surface area contributed by atoms with Crippen molar-refractivity contribution < 1.29 is 9.90 Å². The summed E-state index contributed by atoms with van der Waals surface area (Å²) in [5, 5.41) is 12.5. The molecule has 0 aromatic heterocycles. The molecule has 0 aliphatic rings. The van der Waals surface area contributed by atoms with E-state index in [1.54, 1.807) is 0 Å². The molecule has 0 aliphatic heterocycles. The molecule has 186 valence electrons. The lowest BCUT2D eigenvalue weighted by Crippen LogP contribution is -2.42. The molecule has 0 aromatic carbocycles. The third-order valence-corrected chi connectivity index (χ3v) is 6.87. The molecule has 0 aromatic rings. The molecule has 0 rings (SSSR count). The molecule has 0 saturated heterocycles. The van der Waals surface area contributed by atoms with Crippen LogP contribution in [0.3, 0.4) is 0 Å². The van der Waals surface area contributed by atoms with Crippen molar-refractivity contribution in [2.75, 3.05) is 6.54 Å². The smallest absolute Gasteiger partial charge is 0.320 e. The molecule has 0 spiro atoms. The highest BCUT2D eigenvalue weighted by Crippen LogP contribution is 2.15. The van der Waals surface area contributed by atoms with E-state index in [0.717, 1.165) is 19.4 Å². The summed E-state index contributed by atoms with van der Waals surface area (Å²) in [5.74, 6) is -0.509. The molecule has 0 heterocycles. The number of hydrogen-bond donors (Lipinski definition) is 2. The topological polar surface area (TPSA) is 49.3 Å². The van der Waals surface area contributed by atoms with Crippen LogP contribution in [-0.2, 0) is 4.79 Å². The molecule has 0 bridgehead atoms. The van der Waals surface area contributed by atoms with Crippen molar-refractivity contribution in [1.82, 2.24) is 5.32 Å². The third kappa shape index (κ3) is 21.1. The van der Waals surface area contributed by atoms with Gasteiger partial charge in [-0.2, -0.15) is 0 Å². The van der Waals surface area contributed by atoms with Crippen LogP contribution in [0.5, 0.6) is 0 Å². The third-order valence-electron chi connectivity index (χ3n) is 6.87. The fraction of sp³-hybridized carbons (Fsp3) is 0.964. The second kappa shape index (κ2) is 24.1. The maximum atomic E-state index is 11.3. The number of aliphatic carboxylic acids is 1. The summed E-state index contributed by atoms with van der Waals surface area (Å²) in [6.07, 6.45) is 28.7. The summed E-state index contributed by atoms with van der Waals surface area (Å²) in [6.45, 7) is 7.20.